The largest absolute Gasteiger partial charge is 0.492 e. The van der Waals surface area contributed by atoms with Gasteiger partial charge in [-0.3, -0.25) is 0 Å². The summed E-state index contributed by atoms with van der Waals surface area (Å²) in [5.74, 6) is -0.302. The van der Waals surface area contributed by atoms with Crippen molar-refractivity contribution in [1.82, 2.24) is 0 Å². The van der Waals surface area contributed by atoms with E-state index in [9.17, 15) is 9.41 Å². The third-order valence-electron chi connectivity index (χ3n) is 2.75. The van der Waals surface area contributed by atoms with Gasteiger partial charge in [0.1, 0.15) is 5.82 Å². The van der Waals surface area contributed by atoms with E-state index in [1.54, 1.807) is 13.0 Å². The van der Waals surface area contributed by atoms with Gasteiger partial charge in [0.25, 0.3) is 0 Å². The molecule has 1 N–H and O–H groups in total. The molecule has 0 aliphatic carbocycles. The second kappa shape index (κ2) is 4.56. The van der Waals surface area contributed by atoms with Gasteiger partial charge in [0, 0.05) is 0 Å². The molecule has 88 valence electrons. The van der Waals surface area contributed by atoms with Crippen LogP contribution in [-0.2, 0) is 10.3 Å². The summed E-state index contributed by atoms with van der Waals surface area (Å²) >= 11 is 0. The van der Waals surface area contributed by atoms with Gasteiger partial charge >= 0.3 is 7.12 Å². The third-order valence-corrected chi connectivity index (χ3v) is 2.75. The zero-order valence-corrected chi connectivity index (χ0v) is 10.5. The van der Waals surface area contributed by atoms with E-state index in [0.29, 0.717) is 11.0 Å². The van der Waals surface area contributed by atoms with Crippen LogP contribution in [0.2, 0.25) is 0 Å². The monoisotopic (exact) mass is 224 g/mol. The molecule has 16 heavy (non-hydrogen) atoms. The van der Waals surface area contributed by atoms with E-state index in [2.05, 4.69) is 0 Å². The van der Waals surface area contributed by atoms with Crippen LogP contribution in [0.1, 0.15) is 38.8 Å². The zero-order chi connectivity index (χ0) is 12.5. The summed E-state index contributed by atoms with van der Waals surface area (Å²) in [6.45, 7) is 9.38. The van der Waals surface area contributed by atoms with Gasteiger partial charge < -0.3 is 9.68 Å². The van der Waals surface area contributed by atoms with E-state index in [4.69, 9.17) is 4.65 Å². The van der Waals surface area contributed by atoms with E-state index in [1.165, 1.54) is 6.07 Å². The van der Waals surface area contributed by atoms with E-state index < -0.39 is 12.7 Å². The Labute approximate surface area is 96.6 Å². The first-order chi connectivity index (χ1) is 7.43. The Morgan fingerprint density at radius 2 is 1.88 bits per heavy atom. The lowest BCUT2D eigenvalue weighted by Crippen LogP contribution is -2.31. The maximum absolute atomic E-state index is 13.2. The normalized spacial score (nSPS) is 16.6. The molecule has 1 aromatic rings. The maximum atomic E-state index is 13.2. The summed E-state index contributed by atoms with van der Waals surface area (Å²) in [5.41, 5.74) is 1.38. The Morgan fingerprint density at radius 1 is 1.31 bits per heavy atom. The molecule has 0 fully saturated rings. The van der Waals surface area contributed by atoms with Crippen molar-refractivity contribution in [3.8, 4) is 0 Å². The van der Waals surface area contributed by atoms with E-state index >= 15 is 0 Å². The average Bonchev–Trinajstić information content (AvgIpc) is 2.46. The fraction of sp³-hybridized carbons (Fsp3) is 0.500. The van der Waals surface area contributed by atoms with Crippen LogP contribution in [0.4, 0.5) is 4.39 Å². The number of fused-ring (bicyclic) bond motifs is 1. The van der Waals surface area contributed by atoms with Crippen LogP contribution in [0.3, 0.4) is 0 Å². The summed E-state index contributed by atoms with van der Waals surface area (Å²) in [6.07, 6.45) is 0. The average molecular weight is 224 g/mol. The maximum Gasteiger partial charge on any atom is 0.492 e. The second-order valence-corrected chi connectivity index (χ2v) is 4.11. The molecule has 4 heteroatoms. The lowest BCUT2D eigenvalue weighted by molar-refractivity contribution is 0.101. The molecule has 0 radical (unpaired) electrons. The number of rotatable bonds is 0. The Balaban J connectivity index is 0.000000606. The molecule has 2 rings (SSSR count). The molecule has 0 amide bonds. The van der Waals surface area contributed by atoms with Gasteiger partial charge in [-0.1, -0.05) is 19.9 Å². The zero-order valence-electron chi connectivity index (χ0n) is 10.5. The van der Waals surface area contributed by atoms with Gasteiger partial charge in [0.2, 0.25) is 0 Å². The van der Waals surface area contributed by atoms with Crippen molar-refractivity contribution in [2.24, 2.45) is 0 Å². The van der Waals surface area contributed by atoms with Crippen LogP contribution in [0.15, 0.2) is 12.1 Å². The summed E-state index contributed by atoms with van der Waals surface area (Å²) in [6, 6.07) is 3.09. The predicted octanol–water partition coefficient (Wildman–Crippen LogP) is 2.11. The molecular weight excluding hydrogens is 206 g/mol. The smallest absolute Gasteiger partial charge is 0.423 e. The summed E-state index contributed by atoms with van der Waals surface area (Å²) in [5, 5.41) is 9.63. The van der Waals surface area contributed by atoms with Crippen LogP contribution in [0, 0.1) is 12.7 Å². The number of halogens is 1. The van der Waals surface area contributed by atoms with E-state index in [1.807, 2.05) is 27.7 Å². The molecule has 0 atom stereocenters. The van der Waals surface area contributed by atoms with Gasteiger partial charge in [0.05, 0.1) is 5.60 Å². The highest BCUT2D eigenvalue weighted by atomic mass is 19.1. The van der Waals surface area contributed by atoms with Crippen LogP contribution in [0.25, 0.3) is 0 Å². The number of hydrogen-bond donors (Lipinski definition) is 1. The second-order valence-electron chi connectivity index (χ2n) is 4.11. The molecule has 1 aromatic carbocycles. The van der Waals surface area contributed by atoms with Crippen molar-refractivity contribution in [3.63, 3.8) is 0 Å². The molecule has 0 aromatic heterocycles. The molecular formula is C12H18BFO2. The van der Waals surface area contributed by atoms with Gasteiger partial charge in [-0.05, 0) is 43.4 Å². The van der Waals surface area contributed by atoms with Gasteiger partial charge in [-0.2, -0.15) is 0 Å². The Morgan fingerprint density at radius 3 is 2.44 bits per heavy atom. The van der Waals surface area contributed by atoms with Gasteiger partial charge in [-0.15, -0.1) is 0 Å². The van der Waals surface area contributed by atoms with E-state index in [0.717, 1.165) is 5.56 Å². The summed E-state index contributed by atoms with van der Waals surface area (Å²) in [7, 11) is -1.00. The SMILES string of the molecule is CC.Cc1c(F)ccc2c1B(O)OC2(C)C. The van der Waals surface area contributed by atoms with E-state index in [-0.39, 0.29) is 5.82 Å². The molecule has 0 saturated carbocycles. The van der Waals surface area contributed by atoms with Crippen molar-refractivity contribution in [3.05, 3.63) is 29.1 Å². The quantitative estimate of drug-likeness (QED) is 0.684. The number of benzene rings is 1. The van der Waals surface area contributed by atoms with Crippen LogP contribution in [0.5, 0.6) is 0 Å². The molecule has 1 heterocycles. The third kappa shape index (κ3) is 2.00. The summed E-state index contributed by atoms with van der Waals surface area (Å²) < 4.78 is 18.6. The molecule has 2 nitrogen and oxygen atoms in total. The number of hydrogen-bond acceptors (Lipinski definition) is 2. The van der Waals surface area contributed by atoms with Crippen molar-refractivity contribution in [2.75, 3.05) is 0 Å². The molecule has 1 aliphatic heterocycles. The van der Waals surface area contributed by atoms with Crippen molar-refractivity contribution < 1.29 is 14.1 Å². The van der Waals surface area contributed by atoms with Crippen LogP contribution < -0.4 is 5.46 Å². The van der Waals surface area contributed by atoms with Crippen LogP contribution in [-0.4, -0.2) is 12.1 Å². The minimum Gasteiger partial charge on any atom is -0.423 e. The fourth-order valence-corrected chi connectivity index (χ4v) is 1.95. The Hall–Kier alpha value is -0.865. The van der Waals surface area contributed by atoms with Crippen molar-refractivity contribution >= 4 is 12.6 Å². The topological polar surface area (TPSA) is 29.5 Å². The lowest BCUT2D eigenvalue weighted by Gasteiger charge is -2.19. The first kappa shape index (κ1) is 13.2. The predicted molar refractivity (Wildman–Crippen MR) is 64.2 cm³/mol. The highest BCUT2D eigenvalue weighted by molar-refractivity contribution is 6.62. The molecule has 0 bridgehead atoms. The fourth-order valence-electron chi connectivity index (χ4n) is 1.95. The van der Waals surface area contributed by atoms with Crippen LogP contribution >= 0.6 is 0 Å². The lowest BCUT2D eigenvalue weighted by atomic mass is 9.75. The first-order valence-electron chi connectivity index (χ1n) is 5.59. The standard InChI is InChI=1S/C10H12BFO2.C2H6/c1-6-8(12)5-4-7-9(6)11(13)14-10(7,2)3;1-2/h4-5,13H,1-3H3;1-2H3. The summed E-state index contributed by atoms with van der Waals surface area (Å²) in [4.78, 5) is 0. The van der Waals surface area contributed by atoms with Crippen molar-refractivity contribution in [1.29, 1.82) is 0 Å². The highest BCUT2D eigenvalue weighted by Gasteiger charge is 2.42. The first-order valence-corrected chi connectivity index (χ1v) is 5.59. The molecule has 0 saturated heterocycles. The highest BCUT2D eigenvalue weighted by Crippen LogP contribution is 2.30. The van der Waals surface area contributed by atoms with Gasteiger partial charge in [-0.25, -0.2) is 4.39 Å². The minimum absolute atomic E-state index is 0.302. The molecule has 0 spiro atoms. The Bertz CT molecular complexity index is 391. The Kier molecular flexibility index (Phi) is 3.76. The molecule has 0 unspecified atom stereocenters. The molecule has 1 aliphatic rings. The van der Waals surface area contributed by atoms with Crippen molar-refractivity contribution in [2.45, 2.75) is 40.2 Å². The van der Waals surface area contributed by atoms with Gasteiger partial charge in [0.15, 0.2) is 0 Å². The minimum atomic E-state index is -1.00.